The van der Waals surface area contributed by atoms with E-state index in [0.29, 0.717) is 0 Å². The third-order valence-corrected chi connectivity index (χ3v) is 12.5. The van der Waals surface area contributed by atoms with Crippen LogP contribution in [0.15, 0.2) is 193 Å². The maximum atomic E-state index is 6.21. The molecule has 0 saturated carbocycles. The molecule has 0 radical (unpaired) electrons. The molecule has 8 nitrogen and oxygen atoms in total. The zero-order valence-electron chi connectivity index (χ0n) is 33.8. The van der Waals surface area contributed by atoms with E-state index in [-0.39, 0.29) is 6.04 Å². The fourth-order valence-electron chi connectivity index (χ4n) is 9.58. The van der Waals surface area contributed by atoms with Gasteiger partial charge in [-0.15, -0.1) is 0 Å². The molecule has 12 aromatic rings. The van der Waals surface area contributed by atoms with Gasteiger partial charge in [0, 0.05) is 87.0 Å². The number of furan rings is 1. The number of hydrogen-bond acceptors (Lipinski definition) is 6. The first-order valence-corrected chi connectivity index (χ1v) is 21.1. The highest BCUT2D eigenvalue weighted by Crippen LogP contribution is 2.42. The fraction of sp³-hybridized carbons (Fsp3) is 0.0364. The third kappa shape index (κ3) is 5.72. The Bertz CT molecular complexity index is 3650. The Kier molecular flexibility index (Phi) is 7.86. The number of nitrogens with zero attached hydrogens (tertiary/aromatic N) is 7. The molecule has 0 amide bonds. The van der Waals surface area contributed by atoms with Gasteiger partial charge < -0.3 is 13.6 Å². The summed E-state index contributed by atoms with van der Waals surface area (Å²) in [5.41, 5.74) is 17.9. The Morgan fingerprint density at radius 3 is 1.78 bits per heavy atom. The van der Waals surface area contributed by atoms with E-state index in [4.69, 9.17) is 14.4 Å². The lowest BCUT2D eigenvalue weighted by Gasteiger charge is -2.22. The molecule has 0 aliphatic heterocycles. The van der Waals surface area contributed by atoms with Gasteiger partial charge in [0.15, 0.2) is 0 Å². The molecule has 0 bridgehead atoms. The van der Waals surface area contributed by atoms with E-state index in [1.807, 2.05) is 85.7 Å². The van der Waals surface area contributed by atoms with Gasteiger partial charge in [0.1, 0.15) is 22.2 Å². The summed E-state index contributed by atoms with van der Waals surface area (Å²) >= 11 is 0. The molecule has 8 heteroatoms. The van der Waals surface area contributed by atoms with Crippen molar-refractivity contribution in [3.8, 4) is 50.5 Å². The minimum absolute atomic E-state index is 0.0245. The van der Waals surface area contributed by atoms with Crippen molar-refractivity contribution in [2.24, 2.45) is 0 Å². The summed E-state index contributed by atoms with van der Waals surface area (Å²) < 4.78 is 11.0. The monoisotopic (exact) mass is 809 g/mol. The van der Waals surface area contributed by atoms with Crippen LogP contribution in [0.1, 0.15) is 17.3 Å². The Morgan fingerprint density at radius 1 is 0.476 bits per heavy atom. The van der Waals surface area contributed by atoms with Gasteiger partial charge in [0.2, 0.25) is 0 Å². The number of hydrogen-bond donors (Lipinski definition) is 0. The molecule has 1 aliphatic carbocycles. The second-order valence-corrected chi connectivity index (χ2v) is 16.2. The van der Waals surface area contributed by atoms with Crippen LogP contribution in [0.25, 0.3) is 111 Å². The molecule has 1 unspecified atom stereocenters. The first kappa shape index (κ1) is 35.3. The standard InChI is InChI=1S/C55H35N7O/c1-3-9-34(10-4-1)36-25-38(31-57-29-36)46-17-20-50-54(59-46)55-51(21-18-47(60-55)39-26-37(30-58-32-39)35-11-5-2-6-12-35)62(50)40-15-19-48-43(27-40)45-33-56-24-23-49(45)61(48)41-16-22-53-44(28-41)42-13-7-8-14-52(42)63-53/h1-26,28-33,40H,27H2. The molecule has 8 heterocycles. The van der Waals surface area contributed by atoms with Gasteiger partial charge in [0.05, 0.1) is 34.0 Å². The minimum atomic E-state index is -0.0245. The van der Waals surface area contributed by atoms with E-state index in [1.165, 1.54) is 5.56 Å². The molecule has 296 valence electrons. The summed E-state index contributed by atoms with van der Waals surface area (Å²) in [5, 5.41) is 3.34. The normalized spacial score (nSPS) is 13.7. The molecular weight excluding hydrogens is 775 g/mol. The fourth-order valence-corrected chi connectivity index (χ4v) is 9.58. The lowest BCUT2D eigenvalue weighted by molar-refractivity contribution is 0.636. The largest absolute Gasteiger partial charge is 0.456 e. The Balaban J connectivity index is 0.969. The molecule has 8 aromatic heterocycles. The van der Waals surface area contributed by atoms with Crippen LogP contribution in [0.2, 0.25) is 0 Å². The lowest BCUT2D eigenvalue weighted by Crippen LogP contribution is -2.13. The van der Waals surface area contributed by atoms with Gasteiger partial charge >= 0.3 is 0 Å². The number of rotatable bonds is 6. The maximum absolute atomic E-state index is 6.21. The summed E-state index contributed by atoms with van der Waals surface area (Å²) in [6.45, 7) is 0. The number of fused-ring (bicyclic) bond motifs is 9. The van der Waals surface area contributed by atoms with E-state index in [1.54, 1.807) is 0 Å². The van der Waals surface area contributed by atoms with Gasteiger partial charge in [-0.1, -0.05) is 84.9 Å². The van der Waals surface area contributed by atoms with E-state index >= 15 is 0 Å². The van der Waals surface area contributed by atoms with Gasteiger partial charge in [-0.05, 0) is 95.9 Å². The Morgan fingerprint density at radius 2 is 1.10 bits per heavy atom. The predicted molar refractivity (Wildman–Crippen MR) is 252 cm³/mol. The summed E-state index contributed by atoms with van der Waals surface area (Å²) in [6, 6.07) is 50.4. The summed E-state index contributed by atoms with van der Waals surface area (Å²) in [5.74, 6) is 0. The van der Waals surface area contributed by atoms with Crippen LogP contribution in [0.3, 0.4) is 0 Å². The second kappa shape index (κ2) is 14.0. The van der Waals surface area contributed by atoms with Crippen LogP contribution in [0, 0.1) is 0 Å². The van der Waals surface area contributed by atoms with Gasteiger partial charge in [-0.25, -0.2) is 9.97 Å². The molecule has 4 aromatic carbocycles. The predicted octanol–water partition coefficient (Wildman–Crippen LogP) is 13.1. The van der Waals surface area contributed by atoms with E-state index in [0.717, 1.165) is 117 Å². The molecule has 63 heavy (non-hydrogen) atoms. The Labute approximate surface area is 361 Å². The maximum Gasteiger partial charge on any atom is 0.135 e. The number of pyridine rings is 5. The SMILES string of the molecule is C1=CC(n2c3ccc(-c4cncc(-c5ccccc5)c4)nc3c3nc(-c4cncc(-c5ccccc5)c4)ccc32)Cc2c1n(-c1ccc3oc4ccccc4c3c1)c1ccncc21. The minimum Gasteiger partial charge on any atom is -0.456 e. The first-order valence-electron chi connectivity index (χ1n) is 21.1. The molecule has 0 spiro atoms. The first-order chi connectivity index (χ1) is 31.2. The van der Waals surface area contributed by atoms with Crippen molar-refractivity contribution in [1.82, 2.24) is 34.1 Å². The molecule has 1 atom stereocenters. The van der Waals surface area contributed by atoms with E-state index in [2.05, 4.69) is 133 Å². The quantitative estimate of drug-likeness (QED) is 0.166. The molecule has 0 saturated heterocycles. The number of allylic oxidation sites excluding steroid dienone is 1. The summed E-state index contributed by atoms with van der Waals surface area (Å²) in [7, 11) is 0. The molecule has 0 N–H and O–H groups in total. The van der Waals surface area contributed by atoms with Crippen LogP contribution < -0.4 is 0 Å². The summed E-state index contributed by atoms with van der Waals surface area (Å²) in [4.78, 5) is 24.8. The Hall–Kier alpha value is -8.49. The van der Waals surface area contributed by atoms with Crippen LogP contribution in [0.5, 0.6) is 0 Å². The van der Waals surface area contributed by atoms with Crippen molar-refractivity contribution in [3.63, 3.8) is 0 Å². The molecule has 0 fully saturated rings. The molecule has 1 aliphatic rings. The van der Waals surface area contributed by atoms with Crippen LogP contribution in [0.4, 0.5) is 0 Å². The third-order valence-electron chi connectivity index (χ3n) is 12.5. The number of benzene rings is 4. The van der Waals surface area contributed by atoms with E-state index < -0.39 is 0 Å². The number of para-hydroxylation sites is 1. The lowest BCUT2D eigenvalue weighted by atomic mass is 9.97. The zero-order valence-corrected chi connectivity index (χ0v) is 33.8. The average molecular weight is 810 g/mol. The van der Waals surface area contributed by atoms with Crippen molar-refractivity contribution < 1.29 is 4.42 Å². The highest BCUT2D eigenvalue weighted by atomic mass is 16.3. The smallest absolute Gasteiger partial charge is 0.135 e. The van der Waals surface area contributed by atoms with Crippen molar-refractivity contribution in [2.75, 3.05) is 0 Å². The van der Waals surface area contributed by atoms with Crippen LogP contribution >= 0.6 is 0 Å². The summed E-state index contributed by atoms with van der Waals surface area (Å²) in [6.07, 6.45) is 16.9. The van der Waals surface area contributed by atoms with Crippen molar-refractivity contribution >= 4 is 61.0 Å². The van der Waals surface area contributed by atoms with Gasteiger partial charge in [-0.3, -0.25) is 15.0 Å². The second-order valence-electron chi connectivity index (χ2n) is 16.2. The zero-order chi connectivity index (χ0) is 41.4. The molecule has 13 rings (SSSR count). The van der Waals surface area contributed by atoms with Crippen LogP contribution in [-0.4, -0.2) is 34.1 Å². The van der Waals surface area contributed by atoms with Crippen molar-refractivity contribution in [3.05, 3.63) is 200 Å². The van der Waals surface area contributed by atoms with Crippen molar-refractivity contribution in [1.29, 1.82) is 0 Å². The van der Waals surface area contributed by atoms with Gasteiger partial charge in [0.25, 0.3) is 0 Å². The highest BCUT2D eigenvalue weighted by Gasteiger charge is 2.27. The topological polar surface area (TPSA) is 87.5 Å². The molecular formula is C55H35N7O. The van der Waals surface area contributed by atoms with E-state index in [9.17, 15) is 0 Å². The number of aromatic nitrogens is 7. The van der Waals surface area contributed by atoms with Crippen LogP contribution in [-0.2, 0) is 6.42 Å². The van der Waals surface area contributed by atoms with Gasteiger partial charge in [-0.2, -0.15) is 0 Å². The highest BCUT2D eigenvalue weighted by molar-refractivity contribution is 6.07. The average Bonchev–Trinajstić information content (AvgIpc) is 4.01. The van der Waals surface area contributed by atoms with Crippen molar-refractivity contribution in [2.45, 2.75) is 12.5 Å².